The molecule has 2 atom stereocenters. The highest BCUT2D eigenvalue weighted by atomic mass is 32.2. The molecule has 0 radical (unpaired) electrons. The van der Waals surface area contributed by atoms with Crippen LogP contribution in [0.2, 0.25) is 0 Å². The molecule has 1 fully saturated rings. The van der Waals surface area contributed by atoms with E-state index in [1.165, 1.54) is 0 Å². The second-order valence-electron chi connectivity index (χ2n) is 5.80. The lowest BCUT2D eigenvalue weighted by molar-refractivity contribution is 0.188. The van der Waals surface area contributed by atoms with Gasteiger partial charge in [-0.25, -0.2) is 13.1 Å². The lowest BCUT2D eigenvalue weighted by Gasteiger charge is -2.35. The Balaban J connectivity index is 2.19. The third-order valence-electron chi connectivity index (χ3n) is 3.87. The summed E-state index contributed by atoms with van der Waals surface area (Å²) in [4.78, 5) is 2.39. The van der Waals surface area contributed by atoms with Gasteiger partial charge in [0.15, 0.2) is 0 Å². The number of sulfonamides is 1. The monoisotopic (exact) mass is 297 g/mol. The first-order valence-corrected chi connectivity index (χ1v) is 8.35. The summed E-state index contributed by atoms with van der Waals surface area (Å²) in [6.07, 6.45) is 0.822. The van der Waals surface area contributed by atoms with Crippen molar-refractivity contribution in [3.8, 4) is 0 Å². The SMILES string of the molecule is Cc1ccc(S(=O)(=O)NC2CCN(C)CC2C)c(N)c1. The van der Waals surface area contributed by atoms with E-state index in [-0.39, 0.29) is 16.9 Å². The minimum atomic E-state index is -3.55. The smallest absolute Gasteiger partial charge is 0.242 e. The van der Waals surface area contributed by atoms with E-state index in [9.17, 15) is 8.42 Å². The maximum absolute atomic E-state index is 12.5. The van der Waals surface area contributed by atoms with Crippen molar-refractivity contribution in [3.05, 3.63) is 23.8 Å². The highest BCUT2D eigenvalue weighted by Gasteiger charge is 2.29. The van der Waals surface area contributed by atoms with E-state index in [1.807, 2.05) is 6.92 Å². The number of nitrogen functional groups attached to an aromatic ring is 1. The van der Waals surface area contributed by atoms with Crippen molar-refractivity contribution in [1.29, 1.82) is 0 Å². The number of aryl methyl sites for hydroxylation is 1. The summed E-state index contributed by atoms with van der Waals surface area (Å²) in [5, 5.41) is 0. The van der Waals surface area contributed by atoms with Gasteiger partial charge in [-0.15, -0.1) is 0 Å². The number of piperidine rings is 1. The Bertz CT molecular complexity index is 586. The summed E-state index contributed by atoms with van der Waals surface area (Å²) >= 11 is 0. The number of nitrogens with zero attached hydrogens (tertiary/aromatic N) is 1. The van der Waals surface area contributed by atoms with E-state index < -0.39 is 10.0 Å². The Morgan fingerprint density at radius 1 is 1.40 bits per heavy atom. The molecule has 0 spiro atoms. The van der Waals surface area contributed by atoms with E-state index in [2.05, 4.69) is 23.6 Å². The van der Waals surface area contributed by atoms with E-state index in [0.29, 0.717) is 5.69 Å². The molecule has 1 saturated heterocycles. The zero-order chi connectivity index (χ0) is 14.9. The molecule has 6 heteroatoms. The van der Waals surface area contributed by atoms with Crippen molar-refractivity contribution < 1.29 is 8.42 Å². The highest BCUT2D eigenvalue weighted by molar-refractivity contribution is 7.89. The van der Waals surface area contributed by atoms with Gasteiger partial charge in [0, 0.05) is 12.6 Å². The van der Waals surface area contributed by atoms with Crippen LogP contribution >= 0.6 is 0 Å². The first-order chi connectivity index (χ1) is 9.29. The molecule has 1 aromatic rings. The standard InChI is InChI=1S/C14H23N3O2S/c1-10-4-5-14(12(15)8-10)20(18,19)16-13-6-7-17(3)9-11(13)2/h4-5,8,11,13,16H,6-7,9,15H2,1-3H3. The lowest BCUT2D eigenvalue weighted by atomic mass is 9.95. The summed E-state index contributed by atoms with van der Waals surface area (Å²) in [6.45, 7) is 5.76. The fourth-order valence-corrected chi connectivity index (χ4v) is 4.20. The quantitative estimate of drug-likeness (QED) is 0.822. The molecule has 1 heterocycles. The van der Waals surface area contributed by atoms with Crippen LogP contribution in [0, 0.1) is 12.8 Å². The Kier molecular flexibility index (Phi) is 4.36. The van der Waals surface area contributed by atoms with E-state index in [0.717, 1.165) is 25.1 Å². The number of hydrogen-bond acceptors (Lipinski definition) is 4. The molecule has 20 heavy (non-hydrogen) atoms. The Morgan fingerprint density at radius 2 is 2.10 bits per heavy atom. The number of nitrogens with two attached hydrogens (primary N) is 1. The molecule has 112 valence electrons. The van der Waals surface area contributed by atoms with E-state index >= 15 is 0 Å². The molecule has 3 N–H and O–H groups in total. The molecule has 1 aliphatic heterocycles. The third kappa shape index (κ3) is 3.31. The Labute approximate surface area is 121 Å². The van der Waals surface area contributed by atoms with Gasteiger partial charge in [-0.2, -0.15) is 0 Å². The van der Waals surface area contributed by atoms with Crippen LogP contribution < -0.4 is 10.5 Å². The molecular formula is C14H23N3O2S. The van der Waals surface area contributed by atoms with Crippen molar-refractivity contribution in [2.45, 2.75) is 31.2 Å². The first kappa shape index (κ1) is 15.3. The predicted octanol–water partition coefficient (Wildman–Crippen LogP) is 1.20. The molecule has 0 saturated carbocycles. The van der Waals surface area contributed by atoms with Gasteiger partial charge in [0.25, 0.3) is 0 Å². The van der Waals surface area contributed by atoms with Gasteiger partial charge in [-0.05, 0) is 50.6 Å². The largest absolute Gasteiger partial charge is 0.398 e. The fourth-order valence-electron chi connectivity index (χ4n) is 2.70. The topological polar surface area (TPSA) is 75.4 Å². The molecule has 2 rings (SSSR count). The first-order valence-electron chi connectivity index (χ1n) is 6.86. The van der Waals surface area contributed by atoms with E-state index in [4.69, 9.17) is 5.73 Å². The summed E-state index contributed by atoms with van der Waals surface area (Å²) < 4.78 is 27.7. The number of hydrogen-bond donors (Lipinski definition) is 2. The molecule has 0 amide bonds. The van der Waals surface area contributed by atoms with Gasteiger partial charge in [0.2, 0.25) is 10.0 Å². The zero-order valence-electron chi connectivity index (χ0n) is 12.3. The van der Waals surface area contributed by atoms with Gasteiger partial charge in [-0.3, -0.25) is 0 Å². The minimum absolute atomic E-state index is 0.0306. The molecule has 2 unspecified atom stereocenters. The van der Waals surface area contributed by atoms with Crippen molar-refractivity contribution >= 4 is 15.7 Å². The maximum atomic E-state index is 12.5. The fraction of sp³-hybridized carbons (Fsp3) is 0.571. The minimum Gasteiger partial charge on any atom is -0.398 e. The van der Waals surface area contributed by atoms with Gasteiger partial charge in [-0.1, -0.05) is 13.0 Å². The third-order valence-corrected chi connectivity index (χ3v) is 5.43. The number of likely N-dealkylation sites (tertiary alicyclic amines) is 1. The maximum Gasteiger partial charge on any atom is 0.242 e. The number of anilines is 1. The van der Waals surface area contributed by atoms with Crippen LogP contribution in [0.1, 0.15) is 18.9 Å². The van der Waals surface area contributed by atoms with Crippen LogP contribution in [0.3, 0.4) is 0 Å². The summed E-state index contributed by atoms with van der Waals surface area (Å²) in [7, 11) is -1.50. The van der Waals surface area contributed by atoms with Crippen molar-refractivity contribution in [2.24, 2.45) is 5.92 Å². The van der Waals surface area contributed by atoms with Gasteiger partial charge >= 0.3 is 0 Å². The molecule has 0 aromatic heterocycles. The molecule has 0 bridgehead atoms. The molecule has 0 aliphatic carbocycles. The molecule has 1 aliphatic rings. The average Bonchev–Trinajstić information content (AvgIpc) is 2.32. The number of nitrogens with one attached hydrogen (secondary N) is 1. The van der Waals surface area contributed by atoms with Crippen LogP contribution in [0.5, 0.6) is 0 Å². The summed E-state index contributed by atoms with van der Waals surface area (Å²) in [6, 6.07) is 5.00. The molecular weight excluding hydrogens is 274 g/mol. The summed E-state index contributed by atoms with van der Waals surface area (Å²) in [5.74, 6) is 0.287. The predicted molar refractivity (Wildman–Crippen MR) is 81.0 cm³/mol. The molecule has 1 aromatic carbocycles. The van der Waals surface area contributed by atoms with E-state index in [1.54, 1.807) is 18.2 Å². The van der Waals surface area contributed by atoms with Crippen LogP contribution in [0.4, 0.5) is 5.69 Å². The zero-order valence-corrected chi connectivity index (χ0v) is 13.1. The van der Waals surface area contributed by atoms with Crippen molar-refractivity contribution in [2.75, 3.05) is 25.9 Å². The van der Waals surface area contributed by atoms with Crippen LogP contribution in [-0.4, -0.2) is 39.5 Å². The van der Waals surface area contributed by atoms with Crippen LogP contribution in [0.15, 0.2) is 23.1 Å². The second kappa shape index (κ2) is 5.71. The Morgan fingerprint density at radius 3 is 2.70 bits per heavy atom. The normalized spacial score (nSPS) is 24.8. The summed E-state index contributed by atoms with van der Waals surface area (Å²) in [5.41, 5.74) is 7.10. The number of rotatable bonds is 3. The van der Waals surface area contributed by atoms with Crippen LogP contribution in [-0.2, 0) is 10.0 Å². The van der Waals surface area contributed by atoms with Gasteiger partial charge in [0.05, 0.1) is 5.69 Å². The lowest BCUT2D eigenvalue weighted by Crippen LogP contribution is -2.48. The van der Waals surface area contributed by atoms with Crippen molar-refractivity contribution in [3.63, 3.8) is 0 Å². The van der Waals surface area contributed by atoms with Crippen LogP contribution in [0.25, 0.3) is 0 Å². The van der Waals surface area contributed by atoms with Gasteiger partial charge in [0.1, 0.15) is 4.90 Å². The highest BCUT2D eigenvalue weighted by Crippen LogP contribution is 2.22. The number of benzene rings is 1. The average molecular weight is 297 g/mol. The Hall–Kier alpha value is -1.11. The second-order valence-corrected chi connectivity index (χ2v) is 7.48. The van der Waals surface area contributed by atoms with Crippen molar-refractivity contribution in [1.82, 2.24) is 9.62 Å². The molecule has 5 nitrogen and oxygen atoms in total. The van der Waals surface area contributed by atoms with Gasteiger partial charge < -0.3 is 10.6 Å².